The van der Waals surface area contributed by atoms with Gasteiger partial charge in [-0.25, -0.2) is 4.39 Å². The van der Waals surface area contributed by atoms with Crippen LogP contribution < -0.4 is 10.6 Å². The van der Waals surface area contributed by atoms with Gasteiger partial charge in [-0.1, -0.05) is 18.2 Å². The first kappa shape index (κ1) is 15.7. The third-order valence-corrected chi connectivity index (χ3v) is 3.94. The molecule has 0 aliphatic carbocycles. The largest absolute Gasteiger partial charge is 0.362 e. The Morgan fingerprint density at radius 2 is 1.95 bits per heavy atom. The van der Waals surface area contributed by atoms with Crippen LogP contribution in [0.5, 0.6) is 0 Å². The number of hydrogen-bond acceptors (Lipinski definition) is 3. The molecule has 0 unspecified atom stereocenters. The molecule has 6 heteroatoms. The van der Waals surface area contributed by atoms with Crippen molar-refractivity contribution in [2.45, 2.75) is 5.75 Å². The van der Waals surface area contributed by atoms with Crippen molar-refractivity contribution in [1.29, 1.82) is 0 Å². The molecule has 0 saturated heterocycles. The van der Waals surface area contributed by atoms with Crippen molar-refractivity contribution >= 4 is 34.8 Å². The number of thioether (sulfide) groups is 1. The second-order valence-corrected chi connectivity index (χ2v) is 5.77. The lowest BCUT2D eigenvalue weighted by Gasteiger charge is -2.10. The Morgan fingerprint density at radius 1 is 1.19 bits per heavy atom. The summed E-state index contributed by atoms with van der Waals surface area (Å²) in [6, 6.07) is 10.5. The van der Waals surface area contributed by atoms with E-state index in [1.165, 1.54) is 6.07 Å². The van der Waals surface area contributed by atoms with E-state index in [4.69, 9.17) is 12.2 Å². The SMILES string of the molecule is Fc1ccccc1CSCCNC(=S)Nc1ccncc1. The van der Waals surface area contributed by atoms with Gasteiger partial charge in [-0.2, -0.15) is 11.8 Å². The topological polar surface area (TPSA) is 37.0 Å². The summed E-state index contributed by atoms with van der Waals surface area (Å²) in [6.07, 6.45) is 3.41. The van der Waals surface area contributed by atoms with Gasteiger partial charge in [0.15, 0.2) is 5.11 Å². The average molecular weight is 321 g/mol. The van der Waals surface area contributed by atoms with E-state index in [-0.39, 0.29) is 5.82 Å². The quantitative estimate of drug-likeness (QED) is 0.630. The highest BCUT2D eigenvalue weighted by Crippen LogP contribution is 2.14. The van der Waals surface area contributed by atoms with Crippen LogP contribution in [0.25, 0.3) is 0 Å². The van der Waals surface area contributed by atoms with Crippen LogP contribution in [0.1, 0.15) is 5.56 Å². The van der Waals surface area contributed by atoms with Crippen LogP contribution in [0.3, 0.4) is 0 Å². The third kappa shape index (κ3) is 5.69. The number of nitrogens with zero attached hydrogens (tertiary/aromatic N) is 1. The second kappa shape index (κ2) is 8.59. The summed E-state index contributed by atoms with van der Waals surface area (Å²) in [5.41, 5.74) is 1.64. The van der Waals surface area contributed by atoms with Crippen molar-refractivity contribution in [2.75, 3.05) is 17.6 Å². The number of nitrogens with one attached hydrogen (secondary N) is 2. The van der Waals surface area contributed by atoms with Gasteiger partial charge < -0.3 is 10.6 Å². The lowest BCUT2D eigenvalue weighted by Crippen LogP contribution is -2.30. The first-order chi connectivity index (χ1) is 10.3. The molecule has 0 amide bonds. The van der Waals surface area contributed by atoms with Gasteiger partial charge in [0.25, 0.3) is 0 Å². The molecule has 0 spiro atoms. The molecular weight excluding hydrogens is 305 g/mol. The number of anilines is 1. The summed E-state index contributed by atoms with van der Waals surface area (Å²) >= 11 is 6.86. The van der Waals surface area contributed by atoms with Crippen LogP contribution in [0.15, 0.2) is 48.8 Å². The first-order valence-electron chi connectivity index (χ1n) is 6.52. The number of pyridine rings is 1. The maximum absolute atomic E-state index is 13.4. The van der Waals surface area contributed by atoms with Gasteiger partial charge in [0.2, 0.25) is 0 Å². The molecule has 2 rings (SSSR count). The Labute approximate surface area is 133 Å². The summed E-state index contributed by atoms with van der Waals surface area (Å²) in [5, 5.41) is 6.76. The number of thiocarbonyl (C=S) groups is 1. The summed E-state index contributed by atoms with van der Waals surface area (Å²) in [5.74, 6) is 1.37. The zero-order valence-corrected chi connectivity index (χ0v) is 13.0. The molecule has 1 aromatic carbocycles. The molecule has 0 bridgehead atoms. The molecular formula is C15H16FN3S2. The lowest BCUT2D eigenvalue weighted by atomic mass is 10.2. The van der Waals surface area contributed by atoms with E-state index in [2.05, 4.69) is 15.6 Å². The Bertz CT molecular complexity index is 578. The maximum Gasteiger partial charge on any atom is 0.170 e. The Balaban J connectivity index is 1.62. The molecule has 2 aromatic rings. The zero-order valence-electron chi connectivity index (χ0n) is 11.4. The highest BCUT2D eigenvalue weighted by atomic mass is 32.2. The van der Waals surface area contributed by atoms with E-state index in [1.54, 1.807) is 30.2 Å². The van der Waals surface area contributed by atoms with Gasteiger partial charge in [0.1, 0.15) is 5.82 Å². The molecule has 0 fully saturated rings. The number of rotatable bonds is 6. The molecule has 3 nitrogen and oxygen atoms in total. The van der Waals surface area contributed by atoms with Gasteiger partial charge in [0, 0.05) is 36.1 Å². The molecule has 0 atom stereocenters. The maximum atomic E-state index is 13.4. The highest BCUT2D eigenvalue weighted by molar-refractivity contribution is 7.98. The standard InChI is InChI=1S/C15H16FN3S2/c16-14-4-2-1-3-12(14)11-21-10-9-18-15(20)19-13-5-7-17-8-6-13/h1-8H,9-11H2,(H2,17,18,19,20). The second-order valence-electron chi connectivity index (χ2n) is 4.26. The van der Waals surface area contributed by atoms with E-state index in [9.17, 15) is 4.39 Å². The van der Waals surface area contributed by atoms with Crippen molar-refractivity contribution in [3.63, 3.8) is 0 Å². The van der Waals surface area contributed by atoms with Crippen molar-refractivity contribution in [1.82, 2.24) is 10.3 Å². The third-order valence-electron chi connectivity index (χ3n) is 2.69. The Morgan fingerprint density at radius 3 is 2.71 bits per heavy atom. The summed E-state index contributed by atoms with van der Waals surface area (Å²) in [4.78, 5) is 3.94. The molecule has 2 N–H and O–H groups in total. The van der Waals surface area contributed by atoms with Crippen molar-refractivity contribution in [3.05, 3.63) is 60.2 Å². The van der Waals surface area contributed by atoms with Crippen LogP contribution in [0.2, 0.25) is 0 Å². The molecule has 110 valence electrons. The van der Waals surface area contributed by atoms with Crippen LogP contribution >= 0.6 is 24.0 Å². The predicted octanol–water partition coefficient (Wildman–Crippen LogP) is 3.44. The number of aromatic nitrogens is 1. The van der Waals surface area contributed by atoms with Crippen LogP contribution in [-0.4, -0.2) is 22.4 Å². The lowest BCUT2D eigenvalue weighted by molar-refractivity contribution is 0.617. The van der Waals surface area contributed by atoms with Crippen LogP contribution in [0, 0.1) is 5.82 Å². The monoisotopic (exact) mass is 321 g/mol. The van der Waals surface area contributed by atoms with Gasteiger partial charge in [0.05, 0.1) is 0 Å². The van der Waals surface area contributed by atoms with E-state index in [0.29, 0.717) is 10.9 Å². The van der Waals surface area contributed by atoms with E-state index in [1.807, 2.05) is 24.3 Å². The Hall–Kier alpha value is -1.66. The fourth-order valence-electron chi connectivity index (χ4n) is 1.64. The first-order valence-corrected chi connectivity index (χ1v) is 8.08. The van der Waals surface area contributed by atoms with Crippen molar-refractivity contribution in [2.24, 2.45) is 0 Å². The number of hydrogen-bond donors (Lipinski definition) is 2. The van der Waals surface area contributed by atoms with E-state index >= 15 is 0 Å². The normalized spacial score (nSPS) is 10.1. The smallest absolute Gasteiger partial charge is 0.170 e. The molecule has 1 aromatic heterocycles. The zero-order chi connectivity index (χ0) is 14.9. The molecule has 0 radical (unpaired) electrons. The molecule has 0 saturated carbocycles. The summed E-state index contributed by atoms with van der Waals surface area (Å²) in [6.45, 7) is 0.732. The van der Waals surface area contributed by atoms with Crippen molar-refractivity contribution < 1.29 is 4.39 Å². The minimum atomic E-state index is -0.146. The van der Waals surface area contributed by atoms with Crippen LogP contribution in [0.4, 0.5) is 10.1 Å². The van der Waals surface area contributed by atoms with Gasteiger partial charge in [-0.3, -0.25) is 4.98 Å². The van der Waals surface area contributed by atoms with E-state index in [0.717, 1.165) is 23.5 Å². The minimum Gasteiger partial charge on any atom is -0.362 e. The van der Waals surface area contributed by atoms with Gasteiger partial charge in [-0.15, -0.1) is 0 Å². The van der Waals surface area contributed by atoms with E-state index < -0.39 is 0 Å². The van der Waals surface area contributed by atoms with Gasteiger partial charge in [-0.05, 0) is 36.0 Å². The highest BCUT2D eigenvalue weighted by Gasteiger charge is 2.01. The molecule has 0 aliphatic heterocycles. The number of benzene rings is 1. The molecule has 21 heavy (non-hydrogen) atoms. The Kier molecular flexibility index (Phi) is 6.43. The van der Waals surface area contributed by atoms with Crippen LogP contribution in [-0.2, 0) is 5.75 Å². The summed E-state index contributed by atoms with van der Waals surface area (Å²) in [7, 11) is 0. The fraction of sp³-hybridized carbons (Fsp3) is 0.200. The molecule has 1 heterocycles. The number of halogens is 1. The average Bonchev–Trinajstić information content (AvgIpc) is 2.50. The minimum absolute atomic E-state index is 0.146. The fourth-order valence-corrected chi connectivity index (χ4v) is 2.71. The predicted molar refractivity (Wildman–Crippen MR) is 91.0 cm³/mol. The van der Waals surface area contributed by atoms with Gasteiger partial charge >= 0.3 is 0 Å². The molecule has 0 aliphatic rings. The van der Waals surface area contributed by atoms with Crippen molar-refractivity contribution in [3.8, 4) is 0 Å². The summed E-state index contributed by atoms with van der Waals surface area (Å²) < 4.78 is 13.4.